The molecule has 1 aromatic carbocycles. The van der Waals surface area contributed by atoms with Crippen LogP contribution in [0.1, 0.15) is 11.5 Å². The summed E-state index contributed by atoms with van der Waals surface area (Å²) in [7, 11) is 0. The van der Waals surface area contributed by atoms with Gasteiger partial charge in [0.1, 0.15) is 11.6 Å². The first-order valence-corrected chi connectivity index (χ1v) is 6.06. The van der Waals surface area contributed by atoms with Crippen molar-refractivity contribution in [3.63, 3.8) is 0 Å². The molecule has 0 atom stereocenters. The molecule has 0 aliphatic rings. The first kappa shape index (κ1) is 13.3. The average Bonchev–Trinajstić information content (AvgIpc) is 2.30. The lowest BCUT2D eigenvalue weighted by Gasteiger charge is -2.08. The van der Waals surface area contributed by atoms with Crippen molar-refractivity contribution >= 4 is 29.1 Å². The maximum absolute atomic E-state index is 11.8. The van der Waals surface area contributed by atoms with Gasteiger partial charge in [0.05, 0.1) is 0 Å². The Morgan fingerprint density at radius 3 is 2.42 bits per heavy atom. The molecule has 0 saturated heterocycles. The fourth-order valence-electron chi connectivity index (χ4n) is 1.59. The number of nitrogens with one attached hydrogen (secondary N) is 2. The molecule has 2 rings (SSSR count). The summed E-state index contributed by atoms with van der Waals surface area (Å²) in [5, 5.41) is 5.96. The minimum absolute atomic E-state index is 0.361. The minimum atomic E-state index is -0.361. The third kappa shape index (κ3) is 3.93. The third-order valence-corrected chi connectivity index (χ3v) is 2.56. The van der Waals surface area contributed by atoms with Gasteiger partial charge < -0.3 is 5.32 Å². The Kier molecular flexibility index (Phi) is 3.97. The number of hydrogen-bond acceptors (Lipinski definition) is 3. The van der Waals surface area contributed by atoms with Crippen LogP contribution in [0.5, 0.6) is 0 Å². The smallest absolute Gasteiger partial charge is 0.308 e. The summed E-state index contributed by atoms with van der Waals surface area (Å²) in [5.41, 5.74) is 1.46. The van der Waals surface area contributed by atoms with E-state index in [1.807, 2.05) is 6.92 Å². The van der Waals surface area contributed by atoms with Gasteiger partial charge in [0, 0.05) is 22.5 Å². The summed E-state index contributed by atoms with van der Waals surface area (Å²) >= 11 is 5.77. The Hall–Kier alpha value is -2.14. The molecule has 0 unspecified atom stereocenters. The maximum Gasteiger partial charge on any atom is 0.324 e. The van der Waals surface area contributed by atoms with Crippen molar-refractivity contribution < 1.29 is 4.79 Å². The average molecular weight is 277 g/mol. The van der Waals surface area contributed by atoms with Crippen molar-refractivity contribution in [3.8, 4) is 0 Å². The Morgan fingerprint density at radius 1 is 1.11 bits per heavy atom. The predicted octanol–water partition coefficient (Wildman–Crippen LogP) is 3.39. The second-order valence-electron chi connectivity index (χ2n) is 4.03. The lowest BCUT2D eigenvalue weighted by Crippen LogP contribution is -2.20. The molecule has 1 aromatic heterocycles. The van der Waals surface area contributed by atoms with E-state index in [1.54, 1.807) is 37.3 Å². The molecule has 0 saturated carbocycles. The zero-order valence-electron chi connectivity index (χ0n) is 10.6. The van der Waals surface area contributed by atoms with Gasteiger partial charge in [-0.2, -0.15) is 0 Å². The molecular weight excluding hydrogens is 264 g/mol. The standard InChI is InChI=1S/C13H13ClN4O/c1-8-7-12(16-9(2)15-8)18-13(19)17-11-5-3-10(14)4-6-11/h3-7H,1-2H3,(H2,15,16,17,18,19). The van der Waals surface area contributed by atoms with Crippen LogP contribution in [-0.2, 0) is 0 Å². The number of urea groups is 1. The molecule has 2 N–H and O–H groups in total. The van der Waals surface area contributed by atoms with E-state index in [4.69, 9.17) is 11.6 Å². The van der Waals surface area contributed by atoms with Crippen molar-refractivity contribution in [3.05, 3.63) is 46.9 Å². The fourth-order valence-corrected chi connectivity index (χ4v) is 1.72. The van der Waals surface area contributed by atoms with E-state index in [-0.39, 0.29) is 6.03 Å². The lowest BCUT2D eigenvalue weighted by atomic mass is 10.3. The van der Waals surface area contributed by atoms with E-state index in [0.29, 0.717) is 22.4 Å². The van der Waals surface area contributed by atoms with Crippen LogP contribution in [0.15, 0.2) is 30.3 Å². The van der Waals surface area contributed by atoms with Crippen LogP contribution in [0.25, 0.3) is 0 Å². The van der Waals surface area contributed by atoms with Gasteiger partial charge in [-0.05, 0) is 38.1 Å². The minimum Gasteiger partial charge on any atom is -0.308 e. The van der Waals surface area contributed by atoms with Crippen LogP contribution < -0.4 is 10.6 Å². The first-order chi connectivity index (χ1) is 9.02. The number of hydrogen-bond donors (Lipinski definition) is 2. The summed E-state index contributed by atoms with van der Waals surface area (Å²) in [6.07, 6.45) is 0. The van der Waals surface area contributed by atoms with Crippen LogP contribution in [-0.4, -0.2) is 16.0 Å². The SMILES string of the molecule is Cc1cc(NC(=O)Nc2ccc(Cl)cc2)nc(C)n1. The maximum atomic E-state index is 11.8. The Morgan fingerprint density at radius 2 is 1.79 bits per heavy atom. The van der Waals surface area contributed by atoms with Crippen molar-refractivity contribution in [2.75, 3.05) is 10.6 Å². The molecular formula is C13H13ClN4O. The molecule has 2 amide bonds. The number of halogens is 1. The quantitative estimate of drug-likeness (QED) is 0.883. The number of carbonyl (C=O) groups excluding carboxylic acids is 1. The highest BCUT2D eigenvalue weighted by Gasteiger charge is 2.05. The monoisotopic (exact) mass is 276 g/mol. The van der Waals surface area contributed by atoms with Crippen molar-refractivity contribution in [2.45, 2.75) is 13.8 Å². The van der Waals surface area contributed by atoms with E-state index in [2.05, 4.69) is 20.6 Å². The number of nitrogens with zero attached hydrogens (tertiary/aromatic N) is 2. The van der Waals surface area contributed by atoms with Crippen LogP contribution in [0.4, 0.5) is 16.3 Å². The molecule has 0 spiro atoms. The molecule has 98 valence electrons. The summed E-state index contributed by atoms with van der Waals surface area (Å²) in [4.78, 5) is 20.0. The zero-order chi connectivity index (χ0) is 13.8. The molecule has 19 heavy (non-hydrogen) atoms. The predicted molar refractivity (Wildman–Crippen MR) is 75.6 cm³/mol. The Balaban J connectivity index is 2.03. The second kappa shape index (κ2) is 5.67. The molecule has 6 heteroatoms. The normalized spacial score (nSPS) is 10.1. The molecule has 0 aliphatic heterocycles. The topological polar surface area (TPSA) is 66.9 Å². The number of rotatable bonds is 2. The van der Waals surface area contributed by atoms with E-state index in [1.165, 1.54) is 0 Å². The summed E-state index contributed by atoms with van der Waals surface area (Å²) in [5.74, 6) is 1.08. The summed E-state index contributed by atoms with van der Waals surface area (Å²) in [6.45, 7) is 3.62. The van der Waals surface area contributed by atoms with E-state index in [9.17, 15) is 4.79 Å². The molecule has 5 nitrogen and oxygen atoms in total. The number of aryl methyl sites for hydroxylation is 2. The van der Waals surface area contributed by atoms with Crippen LogP contribution >= 0.6 is 11.6 Å². The van der Waals surface area contributed by atoms with E-state index < -0.39 is 0 Å². The zero-order valence-corrected chi connectivity index (χ0v) is 11.3. The first-order valence-electron chi connectivity index (χ1n) is 5.69. The fraction of sp³-hybridized carbons (Fsp3) is 0.154. The van der Waals surface area contributed by atoms with E-state index >= 15 is 0 Å². The molecule has 0 fully saturated rings. The van der Waals surface area contributed by atoms with E-state index in [0.717, 1.165) is 5.69 Å². The Bertz CT molecular complexity index is 578. The van der Waals surface area contributed by atoms with Crippen LogP contribution in [0, 0.1) is 13.8 Å². The van der Waals surface area contributed by atoms with Gasteiger partial charge in [0.2, 0.25) is 0 Å². The van der Waals surface area contributed by atoms with Gasteiger partial charge >= 0.3 is 6.03 Å². The molecule has 2 aromatic rings. The van der Waals surface area contributed by atoms with Gasteiger partial charge in [-0.1, -0.05) is 11.6 Å². The number of aromatic nitrogens is 2. The summed E-state index contributed by atoms with van der Waals surface area (Å²) in [6, 6.07) is 8.19. The molecule has 0 radical (unpaired) electrons. The highest BCUT2D eigenvalue weighted by Crippen LogP contribution is 2.14. The van der Waals surface area contributed by atoms with Gasteiger partial charge in [-0.3, -0.25) is 5.32 Å². The van der Waals surface area contributed by atoms with Crippen molar-refractivity contribution in [1.29, 1.82) is 0 Å². The second-order valence-corrected chi connectivity index (χ2v) is 4.46. The lowest BCUT2D eigenvalue weighted by molar-refractivity contribution is 0.262. The Labute approximate surface area is 116 Å². The highest BCUT2D eigenvalue weighted by atomic mass is 35.5. The van der Waals surface area contributed by atoms with Crippen LogP contribution in [0.2, 0.25) is 5.02 Å². The molecule has 0 aliphatic carbocycles. The molecule has 0 bridgehead atoms. The molecule has 1 heterocycles. The van der Waals surface area contributed by atoms with Crippen molar-refractivity contribution in [2.24, 2.45) is 0 Å². The number of anilines is 2. The third-order valence-electron chi connectivity index (χ3n) is 2.31. The summed E-state index contributed by atoms with van der Waals surface area (Å²) < 4.78 is 0. The number of amides is 2. The van der Waals surface area contributed by atoms with Gasteiger partial charge in [0.15, 0.2) is 0 Å². The number of carbonyl (C=O) groups is 1. The van der Waals surface area contributed by atoms with Crippen molar-refractivity contribution in [1.82, 2.24) is 9.97 Å². The van der Waals surface area contributed by atoms with Gasteiger partial charge in [0.25, 0.3) is 0 Å². The van der Waals surface area contributed by atoms with Crippen LogP contribution in [0.3, 0.4) is 0 Å². The highest BCUT2D eigenvalue weighted by molar-refractivity contribution is 6.30. The van der Waals surface area contributed by atoms with Gasteiger partial charge in [-0.25, -0.2) is 14.8 Å². The number of benzene rings is 1. The largest absolute Gasteiger partial charge is 0.324 e. The van der Waals surface area contributed by atoms with Gasteiger partial charge in [-0.15, -0.1) is 0 Å².